The van der Waals surface area contributed by atoms with Crippen LogP contribution in [0.4, 0.5) is 9.59 Å². The molecule has 1 unspecified atom stereocenters. The first-order valence-electron chi connectivity index (χ1n) is 18.0. The van der Waals surface area contributed by atoms with E-state index in [-0.39, 0.29) is 48.6 Å². The number of urea groups is 1. The van der Waals surface area contributed by atoms with Gasteiger partial charge in [0.05, 0.1) is 12.1 Å². The fourth-order valence-electron chi connectivity index (χ4n) is 7.63. The number of carbonyl (C=O) groups excluding carboxylic acids is 6. The predicted octanol–water partition coefficient (Wildman–Crippen LogP) is 2.70. The Bertz CT molecular complexity index is 1430. The Labute approximate surface area is 295 Å². The van der Waals surface area contributed by atoms with Gasteiger partial charge < -0.3 is 36.2 Å². The highest BCUT2D eigenvalue weighted by Gasteiger charge is 2.69. The minimum absolute atomic E-state index is 0.0675. The highest BCUT2D eigenvalue weighted by molar-refractivity contribution is 6.38. The molecule has 2 aliphatic carbocycles. The zero-order chi connectivity index (χ0) is 37.0. The van der Waals surface area contributed by atoms with Gasteiger partial charge in [-0.25, -0.2) is 9.59 Å². The molecule has 1 heterocycles. The van der Waals surface area contributed by atoms with Crippen molar-refractivity contribution in [3.05, 3.63) is 35.4 Å². The van der Waals surface area contributed by atoms with Crippen molar-refractivity contribution in [2.75, 3.05) is 26.2 Å². The average molecular weight is 697 g/mol. The van der Waals surface area contributed by atoms with Crippen LogP contribution in [0.25, 0.3) is 0 Å². The number of nitrogens with zero attached hydrogens (tertiary/aromatic N) is 1. The number of carbonyl (C=O) groups is 6. The van der Waals surface area contributed by atoms with Gasteiger partial charge in [0.2, 0.25) is 17.6 Å². The first kappa shape index (κ1) is 38.6. The molecule has 1 saturated carbocycles. The molecular formula is C37H56N6O7. The van der Waals surface area contributed by atoms with Gasteiger partial charge in [0.15, 0.2) is 0 Å². The SMILES string of the molecule is CCCC(NC(=O)[C@@H]1[C@@H]2[C@H](CN1C(=O)[C@@H](NC(=O)N[C@H](COC(=O)NCC)C(C)(C)C)C1Cc3ccccc3C1)C2(C)C)C(=O)C(=O)NCC. The highest BCUT2D eigenvalue weighted by Crippen LogP contribution is 2.65. The Morgan fingerprint density at radius 1 is 0.920 bits per heavy atom. The largest absolute Gasteiger partial charge is 0.447 e. The summed E-state index contributed by atoms with van der Waals surface area (Å²) in [6, 6.07) is 3.94. The van der Waals surface area contributed by atoms with Crippen molar-refractivity contribution in [2.24, 2.45) is 28.6 Å². The zero-order valence-electron chi connectivity index (χ0n) is 30.8. The van der Waals surface area contributed by atoms with Crippen molar-refractivity contribution in [2.45, 2.75) is 105 Å². The summed E-state index contributed by atoms with van der Waals surface area (Å²) in [6.07, 6.45) is 1.39. The summed E-state index contributed by atoms with van der Waals surface area (Å²) in [5.41, 5.74) is 1.52. The van der Waals surface area contributed by atoms with Gasteiger partial charge in [0, 0.05) is 19.6 Å². The summed E-state index contributed by atoms with van der Waals surface area (Å²) < 4.78 is 5.36. The number of Topliss-reactive ketones (excluding diaryl/α,β-unsaturated/α-hetero) is 1. The summed E-state index contributed by atoms with van der Waals surface area (Å²) in [6.45, 7) is 16.2. The first-order chi connectivity index (χ1) is 23.5. The van der Waals surface area contributed by atoms with Gasteiger partial charge in [0.25, 0.3) is 5.91 Å². The van der Waals surface area contributed by atoms with Gasteiger partial charge in [-0.1, -0.05) is 72.2 Å². The number of piperidine rings is 1. The molecule has 13 nitrogen and oxygen atoms in total. The van der Waals surface area contributed by atoms with Crippen molar-refractivity contribution in [3.8, 4) is 0 Å². The molecule has 6 amide bonds. The molecule has 50 heavy (non-hydrogen) atoms. The van der Waals surface area contributed by atoms with Crippen LogP contribution in [0, 0.1) is 28.6 Å². The van der Waals surface area contributed by atoms with Crippen LogP contribution in [0.2, 0.25) is 0 Å². The van der Waals surface area contributed by atoms with E-state index in [9.17, 15) is 28.8 Å². The fraction of sp³-hybridized carbons (Fsp3) is 0.676. The zero-order valence-corrected chi connectivity index (χ0v) is 30.8. The van der Waals surface area contributed by atoms with E-state index in [4.69, 9.17) is 4.74 Å². The average Bonchev–Trinajstić information content (AvgIpc) is 3.41. The number of likely N-dealkylation sites (N-methyl/N-ethyl adjacent to an activating group) is 1. The molecule has 0 aromatic heterocycles. The van der Waals surface area contributed by atoms with E-state index in [0.29, 0.717) is 32.4 Å². The topological polar surface area (TPSA) is 175 Å². The van der Waals surface area contributed by atoms with Crippen LogP contribution in [0.1, 0.15) is 79.4 Å². The molecule has 0 spiro atoms. The minimum Gasteiger partial charge on any atom is -0.447 e. The highest BCUT2D eigenvalue weighted by atomic mass is 16.5. The van der Waals surface area contributed by atoms with Crippen LogP contribution < -0.4 is 26.6 Å². The van der Waals surface area contributed by atoms with Gasteiger partial charge in [0.1, 0.15) is 18.7 Å². The summed E-state index contributed by atoms with van der Waals surface area (Å²) in [5, 5.41) is 13.8. The number of alkyl carbamates (subject to hydrolysis) is 1. The van der Waals surface area contributed by atoms with E-state index in [0.717, 1.165) is 11.1 Å². The third-order valence-electron chi connectivity index (χ3n) is 10.7. The van der Waals surface area contributed by atoms with Crippen molar-refractivity contribution in [1.29, 1.82) is 0 Å². The quantitative estimate of drug-likeness (QED) is 0.186. The Hall–Kier alpha value is -4.16. The molecule has 276 valence electrons. The Morgan fingerprint density at radius 2 is 1.54 bits per heavy atom. The lowest BCUT2D eigenvalue weighted by Crippen LogP contribution is -2.61. The molecule has 1 saturated heterocycles. The molecular weight excluding hydrogens is 640 g/mol. The maximum Gasteiger partial charge on any atom is 0.407 e. The van der Waals surface area contributed by atoms with Crippen molar-refractivity contribution < 1.29 is 33.5 Å². The van der Waals surface area contributed by atoms with Crippen LogP contribution in [0.3, 0.4) is 0 Å². The van der Waals surface area contributed by atoms with E-state index >= 15 is 0 Å². The van der Waals surface area contributed by atoms with E-state index in [1.807, 2.05) is 52.0 Å². The third kappa shape index (κ3) is 8.58. The summed E-state index contributed by atoms with van der Waals surface area (Å²) >= 11 is 0. The molecule has 1 aliphatic heterocycles. The minimum atomic E-state index is -1.02. The van der Waals surface area contributed by atoms with Crippen LogP contribution in [-0.2, 0) is 36.8 Å². The summed E-state index contributed by atoms with van der Waals surface area (Å²) in [7, 11) is 0. The number of hydrogen-bond acceptors (Lipinski definition) is 7. The number of ketones is 1. The number of hydrogen-bond donors (Lipinski definition) is 5. The van der Waals surface area contributed by atoms with E-state index in [1.165, 1.54) is 0 Å². The number of ether oxygens (including phenoxy) is 1. The second kappa shape index (κ2) is 15.8. The molecule has 1 aromatic rings. The second-order valence-electron chi connectivity index (χ2n) is 15.5. The van der Waals surface area contributed by atoms with E-state index in [2.05, 4.69) is 40.4 Å². The Kier molecular flexibility index (Phi) is 12.2. The smallest absolute Gasteiger partial charge is 0.407 e. The van der Waals surface area contributed by atoms with Gasteiger partial charge in [-0.3, -0.25) is 19.2 Å². The number of likely N-dealkylation sites (tertiary alicyclic amines) is 1. The molecule has 5 N–H and O–H groups in total. The summed E-state index contributed by atoms with van der Waals surface area (Å²) in [4.78, 5) is 81.6. The Balaban J connectivity index is 1.59. The maximum atomic E-state index is 14.7. The molecule has 0 radical (unpaired) electrons. The van der Waals surface area contributed by atoms with Crippen LogP contribution in [0.15, 0.2) is 24.3 Å². The predicted molar refractivity (Wildman–Crippen MR) is 188 cm³/mol. The van der Waals surface area contributed by atoms with Gasteiger partial charge in [-0.15, -0.1) is 0 Å². The van der Waals surface area contributed by atoms with Gasteiger partial charge >= 0.3 is 12.1 Å². The fourth-order valence-corrected chi connectivity index (χ4v) is 7.63. The number of nitrogens with one attached hydrogen (secondary N) is 5. The standard InChI is InChI=1S/C37H56N6O7/c1-9-14-25(30(44)32(46)38-10-2)40-31(45)29-27-24(37(27,7)8)19-43(29)33(47)28(23-17-21-15-12-13-16-22(21)18-23)42-34(48)41-26(36(4,5)6)20-50-35(49)39-11-3/h12-13,15-16,23-29H,9-11,14,17-20H2,1-8H3,(H,38,46)(H,39,49)(H,40,45)(H2,41,42,48)/t24-,25?,26+,27-,28-,29-/m0/s1. The molecule has 1 aromatic carbocycles. The molecule has 13 heteroatoms. The lowest BCUT2D eigenvalue weighted by Gasteiger charge is -2.36. The second-order valence-corrected chi connectivity index (χ2v) is 15.5. The lowest BCUT2D eigenvalue weighted by atomic mass is 9.87. The monoisotopic (exact) mass is 696 g/mol. The van der Waals surface area contributed by atoms with E-state index < -0.39 is 59.3 Å². The number of benzene rings is 1. The maximum absolute atomic E-state index is 14.7. The Morgan fingerprint density at radius 3 is 2.10 bits per heavy atom. The number of rotatable bonds is 14. The number of fused-ring (bicyclic) bond motifs is 2. The lowest BCUT2D eigenvalue weighted by molar-refractivity contribution is -0.144. The molecule has 4 rings (SSSR count). The van der Waals surface area contributed by atoms with Crippen LogP contribution >= 0.6 is 0 Å². The van der Waals surface area contributed by atoms with Crippen LogP contribution in [0.5, 0.6) is 0 Å². The van der Waals surface area contributed by atoms with Gasteiger partial charge in [-0.2, -0.15) is 0 Å². The molecule has 0 bridgehead atoms. The molecule has 6 atom stereocenters. The van der Waals surface area contributed by atoms with Crippen molar-refractivity contribution in [3.63, 3.8) is 0 Å². The summed E-state index contributed by atoms with van der Waals surface area (Å²) in [5.74, 6) is -2.65. The molecule has 3 aliphatic rings. The van der Waals surface area contributed by atoms with E-state index in [1.54, 1.807) is 18.7 Å². The van der Waals surface area contributed by atoms with Crippen molar-refractivity contribution in [1.82, 2.24) is 31.5 Å². The van der Waals surface area contributed by atoms with Crippen molar-refractivity contribution >= 4 is 35.6 Å². The third-order valence-corrected chi connectivity index (χ3v) is 10.7. The number of amides is 6. The van der Waals surface area contributed by atoms with Crippen LogP contribution in [-0.4, -0.2) is 90.9 Å². The normalized spacial score (nSPS) is 22.2. The van der Waals surface area contributed by atoms with Gasteiger partial charge in [-0.05, 0) is 72.8 Å². The first-order valence-corrected chi connectivity index (χ1v) is 18.0. The molecule has 2 fully saturated rings.